The molecule has 1 rings (SSSR count). The fraction of sp³-hybridized carbons (Fsp3) is 0.750. The second-order valence-corrected chi connectivity index (χ2v) is 13.7. The van der Waals surface area contributed by atoms with E-state index in [1.54, 1.807) is 0 Å². The van der Waals surface area contributed by atoms with Crippen LogP contribution in [-0.4, -0.2) is 27.0 Å². The Morgan fingerprint density at radius 3 is 2.00 bits per heavy atom. The molecule has 0 saturated heterocycles. The first-order chi connectivity index (χ1) is 13.7. The van der Waals surface area contributed by atoms with Crippen molar-refractivity contribution in [2.45, 2.75) is 108 Å². The number of rotatable bonds is 18. The van der Waals surface area contributed by atoms with Gasteiger partial charge in [-0.25, -0.2) is 0 Å². The van der Waals surface area contributed by atoms with Gasteiger partial charge >= 0.3 is 0 Å². The highest BCUT2D eigenvalue weighted by atomic mass is 32.2. The fourth-order valence-corrected chi connectivity index (χ4v) is 7.28. The molecule has 0 fully saturated rings. The minimum absolute atomic E-state index is 0.239. The van der Waals surface area contributed by atoms with Crippen molar-refractivity contribution >= 4 is 20.1 Å². The molecule has 1 atom stereocenters. The van der Waals surface area contributed by atoms with Gasteiger partial charge in [0.15, 0.2) is 8.32 Å². The predicted molar refractivity (Wildman–Crippen MR) is 128 cm³/mol. The first kappa shape index (κ1) is 25.7. The average molecular weight is 425 g/mol. The molecule has 0 bridgehead atoms. The lowest BCUT2D eigenvalue weighted by Gasteiger charge is -2.28. The lowest BCUT2D eigenvalue weighted by atomic mass is 10.1. The zero-order valence-electron chi connectivity index (χ0n) is 18.9. The van der Waals surface area contributed by atoms with Crippen molar-refractivity contribution in [1.29, 1.82) is 0 Å². The normalized spacial score (nSPS) is 13.0. The van der Waals surface area contributed by atoms with Crippen molar-refractivity contribution in [3.05, 3.63) is 30.3 Å². The van der Waals surface area contributed by atoms with Gasteiger partial charge in [0.2, 0.25) is 0 Å². The highest BCUT2D eigenvalue weighted by Gasteiger charge is 2.28. The van der Waals surface area contributed by atoms with E-state index in [0.717, 1.165) is 19.6 Å². The molecule has 28 heavy (non-hydrogen) atoms. The van der Waals surface area contributed by atoms with Crippen LogP contribution in [0.2, 0.25) is 18.1 Å². The third-order valence-electron chi connectivity index (χ3n) is 5.78. The van der Waals surface area contributed by atoms with Crippen molar-refractivity contribution in [2.75, 3.05) is 13.2 Å². The largest absolute Gasteiger partial charge is 0.414 e. The van der Waals surface area contributed by atoms with Gasteiger partial charge in [-0.1, -0.05) is 96.2 Å². The van der Waals surface area contributed by atoms with E-state index in [4.69, 9.17) is 9.16 Å². The van der Waals surface area contributed by atoms with Crippen LogP contribution < -0.4 is 0 Å². The minimum atomic E-state index is -1.50. The van der Waals surface area contributed by atoms with Crippen LogP contribution in [-0.2, 0) is 9.16 Å². The Bertz CT molecular complexity index is 457. The monoisotopic (exact) mass is 424 g/mol. The highest BCUT2D eigenvalue weighted by Crippen LogP contribution is 2.28. The second kappa shape index (κ2) is 16.5. The summed E-state index contributed by atoms with van der Waals surface area (Å²) in [6.07, 6.45) is 10.6. The summed E-state index contributed by atoms with van der Waals surface area (Å²) in [5.41, 5.74) is 0.239. The van der Waals surface area contributed by atoms with E-state index >= 15 is 0 Å². The zero-order valence-corrected chi connectivity index (χ0v) is 20.7. The lowest BCUT2D eigenvalue weighted by Crippen LogP contribution is -2.37. The van der Waals surface area contributed by atoms with Crippen LogP contribution in [0.3, 0.4) is 0 Å². The molecule has 2 nitrogen and oxygen atoms in total. The molecule has 0 heterocycles. The van der Waals surface area contributed by atoms with Crippen LogP contribution in [0, 0.1) is 0 Å². The number of hydrogen-bond acceptors (Lipinski definition) is 3. The van der Waals surface area contributed by atoms with Crippen LogP contribution in [0.15, 0.2) is 35.2 Å². The van der Waals surface area contributed by atoms with Gasteiger partial charge in [0.05, 0.1) is 13.2 Å². The van der Waals surface area contributed by atoms with Gasteiger partial charge < -0.3 is 9.16 Å². The Morgan fingerprint density at radius 2 is 1.39 bits per heavy atom. The van der Waals surface area contributed by atoms with Crippen LogP contribution >= 0.6 is 11.8 Å². The molecule has 0 saturated carbocycles. The van der Waals surface area contributed by atoms with Crippen LogP contribution in [0.4, 0.5) is 0 Å². The fourth-order valence-electron chi connectivity index (χ4n) is 3.59. The summed E-state index contributed by atoms with van der Waals surface area (Å²) in [5.74, 6) is 0. The van der Waals surface area contributed by atoms with E-state index in [2.05, 4.69) is 58.0 Å². The first-order valence-electron chi connectivity index (χ1n) is 11.7. The van der Waals surface area contributed by atoms with Crippen LogP contribution in [0.1, 0.15) is 79.1 Å². The van der Waals surface area contributed by atoms with Gasteiger partial charge in [-0.05, 0) is 43.1 Å². The van der Waals surface area contributed by atoms with Crippen molar-refractivity contribution < 1.29 is 9.16 Å². The quantitative estimate of drug-likeness (QED) is 0.102. The summed E-state index contributed by atoms with van der Waals surface area (Å²) < 4.78 is 12.6. The SMILES string of the molecule is CCCCCCCCCC(OCCO[Si](CC)(CC)CC)Sc1ccccc1. The van der Waals surface area contributed by atoms with Crippen molar-refractivity contribution in [1.82, 2.24) is 0 Å². The molecule has 0 aromatic heterocycles. The molecule has 162 valence electrons. The van der Waals surface area contributed by atoms with E-state index in [1.807, 2.05) is 11.8 Å². The molecule has 1 aromatic carbocycles. The van der Waals surface area contributed by atoms with E-state index in [1.165, 1.54) is 68.0 Å². The standard InChI is InChI=1S/C24H44O2SSi/c1-5-9-10-11-12-13-17-20-24(27-23-18-15-14-16-19-23)25-21-22-26-28(6-2,7-3)8-4/h14-16,18-19,24H,5-13,17,20-22H2,1-4H3. The summed E-state index contributed by atoms with van der Waals surface area (Å²) in [6.45, 7) is 10.6. The van der Waals surface area contributed by atoms with Gasteiger partial charge in [0.25, 0.3) is 0 Å². The molecule has 0 N–H and O–H groups in total. The third kappa shape index (κ3) is 11.0. The first-order valence-corrected chi connectivity index (χ1v) is 15.1. The molecule has 0 aliphatic carbocycles. The summed E-state index contributed by atoms with van der Waals surface area (Å²) >= 11 is 1.87. The molecule has 0 radical (unpaired) electrons. The Balaban J connectivity index is 2.38. The van der Waals surface area contributed by atoms with Gasteiger partial charge in [-0.2, -0.15) is 0 Å². The van der Waals surface area contributed by atoms with Crippen molar-refractivity contribution in [3.8, 4) is 0 Å². The van der Waals surface area contributed by atoms with Crippen LogP contribution in [0.25, 0.3) is 0 Å². The molecule has 0 aliphatic rings. The second-order valence-electron chi connectivity index (χ2n) is 7.73. The molecule has 1 aromatic rings. The van der Waals surface area contributed by atoms with E-state index in [-0.39, 0.29) is 5.44 Å². The molecule has 0 aliphatic heterocycles. The number of benzene rings is 1. The lowest BCUT2D eigenvalue weighted by molar-refractivity contribution is 0.0742. The predicted octanol–water partition coefficient (Wildman–Crippen LogP) is 8.28. The number of thioether (sulfide) groups is 1. The molecular formula is C24H44O2SSi. The Hall–Kier alpha value is -0.293. The van der Waals surface area contributed by atoms with Crippen molar-refractivity contribution in [2.24, 2.45) is 0 Å². The maximum atomic E-state index is 6.36. The highest BCUT2D eigenvalue weighted by molar-refractivity contribution is 7.99. The Kier molecular flexibility index (Phi) is 15.2. The van der Waals surface area contributed by atoms with Gasteiger partial charge in [0, 0.05) is 4.90 Å². The number of unbranched alkanes of at least 4 members (excludes halogenated alkanes) is 6. The number of ether oxygens (including phenoxy) is 1. The van der Waals surface area contributed by atoms with E-state index < -0.39 is 8.32 Å². The van der Waals surface area contributed by atoms with Gasteiger partial charge in [-0.15, -0.1) is 0 Å². The molecular weight excluding hydrogens is 380 g/mol. The smallest absolute Gasteiger partial charge is 0.192 e. The molecule has 0 spiro atoms. The number of hydrogen-bond donors (Lipinski definition) is 0. The summed E-state index contributed by atoms with van der Waals surface area (Å²) in [6, 6.07) is 14.3. The van der Waals surface area contributed by atoms with E-state index in [0.29, 0.717) is 0 Å². The Morgan fingerprint density at radius 1 is 0.786 bits per heavy atom. The summed E-state index contributed by atoms with van der Waals surface area (Å²) in [7, 11) is -1.50. The third-order valence-corrected chi connectivity index (χ3v) is 11.6. The maximum Gasteiger partial charge on any atom is 0.192 e. The van der Waals surface area contributed by atoms with Gasteiger partial charge in [0.1, 0.15) is 5.44 Å². The maximum absolute atomic E-state index is 6.36. The zero-order chi connectivity index (χ0) is 20.5. The Labute approximate surface area is 180 Å². The molecule has 4 heteroatoms. The topological polar surface area (TPSA) is 18.5 Å². The summed E-state index contributed by atoms with van der Waals surface area (Å²) in [5, 5.41) is 0. The minimum Gasteiger partial charge on any atom is -0.414 e. The van der Waals surface area contributed by atoms with E-state index in [9.17, 15) is 0 Å². The van der Waals surface area contributed by atoms with Crippen molar-refractivity contribution in [3.63, 3.8) is 0 Å². The van der Waals surface area contributed by atoms with Gasteiger partial charge in [-0.3, -0.25) is 0 Å². The summed E-state index contributed by atoms with van der Waals surface area (Å²) in [4.78, 5) is 1.30. The average Bonchev–Trinajstić information content (AvgIpc) is 2.74. The molecule has 1 unspecified atom stereocenters. The molecule has 0 amide bonds. The van der Waals surface area contributed by atoms with Crippen LogP contribution in [0.5, 0.6) is 0 Å².